The first-order chi connectivity index (χ1) is 28.3. The number of aryl methyl sites for hydroxylation is 1. The Hall–Kier alpha value is -6.45. The van der Waals surface area contributed by atoms with Gasteiger partial charge in [-0.15, -0.1) is 10.2 Å². The molecule has 0 bridgehead atoms. The maximum absolute atomic E-state index is 13.4. The predicted octanol–water partition coefficient (Wildman–Crippen LogP) is 5.51. The summed E-state index contributed by atoms with van der Waals surface area (Å²) in [7, 11) is 1.61. The van der Waals surface area contributed by atoms with Gasteiger partial charge in [0.05, 0.1) is 11.1 Å². The highest BCUT2D eigenvalue weighted by atomic mass is 19.3. The molecule has 5 aromatic heterocycles. The lowest BCUT2D eigenvalue weighted by molar-refractivity contribution is -0.0503. The number of hydrogen-bond acceptors (Lipinski definition) is 11. The number of nitriles is 1. The Morgan fingerprint density at radius 1 is 0.729 bits per heavy atom. The van der Waals surface area contributed by atoms with Crippen LogP contribution in [-0.2, 0) is 7.05 Å². The van der Waals surface area contributed by atoms with Crippen LogP contribution in [0.15, 0.2) is 71.9 Å². The SMILES string of the molecule is Cn1nc2cc(N(c3ccc(C(=O)N4CCC(F)(F)CC4)cn3)C3CC3)ccn2c1=O.N#Cc1ccc(N(c2ccc(C(=O)N3CCC(F)(F)CC3)cn2)C2CC2)nn1. The van der Waals surface area contributed by atoms with E-state index in [9.17, 15) is 31.9 Å². The fourth-order valence-electron chi connectivity index (χ4n) is 7.17. The zero-order valence-electron chi connectivity index (χ0n) is 32.1. The highest BCUT2D eigenvalue weighted by Gasteiger charge is 2.38. The smallest absolute Gasteiger partial charge is 0.338 e. The monoisotopic (exact) mass is 812 g/mol. The maximum Gasteiger partial charge on any atom is 0.350 e. The molecule has 0 N–H and O–H groups in total. The van der Waals surface area contributed by atoms with E-state index < -0.39 is 11.8 Å². The minimum atomic E-state index is -2.69. The Balaban J connectivity index is 0.000000165. The second kappa shape index (κ2) is 15.7. The minimum Gasteiger partial charge on any atom is -0.338 e. The summed E-state index contributed by atoms with van der Waals surface area (Å²) >= 11 is 0. The summed E-state index contributed by atoms with van der Waals surface area (Å²) in [6.45, 7) is 0.182. The molecule has 2 saturated carbocycles. The molecule has 7 heterocycles. The van der Waals surface area contributed by atoms with Gasteiger partial charge in [-0.05, 0) is 68.1 Å². The third kappa shape index (κ3) is 8.71. The van der Waals surface area contributed by atoms with E-state index in [4.69, 9.17) is 5.26 Å². The average Bonchev–Trinajstić information content (AvgIpc) is 4.19. The number of carbonyl (C=O) groups excluding carboxylic acids is 2. The molecule has 9 rings (SSSR count). The normalized spacial score (nSPS) is 18.4. The number of hydrogen-bond donors (Lipinski definition) is 0. The molecular weight excluding hydrogens is 773 g/mol. The lowest BCUT2D eigenvalue weighted by Crippen LogP contribution is -2.42. The molecule has 0 aromatic carbocycles. The van der Waals surface area contributed by atoms with Crippen molar-refractivity contribution in [1.29, 1.82) is 5.26 Å². The number of anilines is 4. The number of amides is 2. The van der Waals surface area contributed by atoms with Crippen molar-refractivity contribution >= 4 is 40.6 Å². The lowest BCUT2D eigenvalue weighted by atomic mass is 10.1. The van der Waals surface area contributed by atoms with E-state index in [0.29, 0.717) is 34.2 Å². The Morgan fingerprint density at radius 3 is 1.69 bits per heavy atom. The second-order valence-electron chi connectivity index (χ2n) is 15.2. The Bertz CT molecular complexity index is 2420. The number of fused-ring (bicyclic) bond motifs is 1. The van der Waals surface area contributed by atoms with Crippen LogP contribution in [0.4, 0.5) is 40.7 Å². The van der Waals surface area contributed by atoms with Gasteiger partial charge in [0.25, 0.3) is 23.7 Å². The fourth-order valence-corrected chi connectivity index (χ4v) is 7.17. The first-order valence-corrected chi connectivity index (χ1v) is 19.4. The van der Waals surface area contributed by atoms with Crippen LogP contribution in [0.3, 0.4) is 0 Å². The molecule has 5 aromatic rings. The van der Waals surface area contributed by atoms with Crippen molar-refractivity contribution in [3.05, 3.63) is 94.4 Å². The second-order valence-corrected chi connectivity index (χ2v) is 15.2. The van der Waals surface area contributed by atoms with Gasteiger partial charge in [0.2, 0.25) is 0 Å². The van der Waals surface area contributed by atoms with Crippen LogP contribution in [0.25, 0.3) is 5.65 Å². The lowest BCUT2D eigenvalue weighted by Gasteiger charge is -2.31. The van der Waals surface area contributed by atoms with Crippen molar-refractivity contribution in [3.63, 3.8) is 0 Å². The van der Waals surface area contributed by atoms with Crippen molar-refractivity contribution in [2.75, 3.05) is 36.0 Å². The molecule has 2 saturated heterocycles. The third-order valence-corrected chi connectivity index (χ3v) is 10.8. The van der Waals surface area contributed by atoms with Crippen LogP contribution in [0.1, 0.15) is 77.8 Å². The fraction of sp³-hybridized carbons (Fsp3) is 0.425. The van der Waals surface area contributed by atoms with Gasteiger partial charge in [-0.3, -0.25) is 14.0 Å². The summed E-state index contributed by atoms with van der Waals surface area (Å²) in [6.07, 6.45) is 7.46. The van der Waals surface area contributed by atoms with Gasteiger partial charge in [-0.1, -0.05) is 0 Å². The van der Waals surface area contributed by atoms with E-state index in [1.165, 1.54) is 31.3 Å². The topological polar surface area (TPSA) is 162 Å². The van der Waals surface area contributed by atoms with Gasteiger partial charge in [0, 0.05) is 101 Å². The van der Waals surface area contributed by atoms with E-state index in [1.54, 1.807) is 49.6 Å². The van der Waals surface area contributed by atoms with Gasteiger partial charge in [0.15, 0.2) is 17.2 Å². The predicted molar refractivity (Wildman–Crippen MR) is 206 cm³/mol. The molecule has 0 atom stereocenters. The first-order valence-electron chi connectivity index (χ1n) is 19.4. The number of alkyl halides is 4. The molecule has 19 heteroatoms. The Labute approximate surface area is 335 Å². The number of halogens is 4. The molecule has 2 aliphatic heterocycles. The van der Waals surface area contributed by atoms with Crippen molar-refractivity contribution in [2.45, 2.75) is 75.3 Å². The number of rotatable bonds is 8. The van der Waals surface area contributed by atoms with Crippen LogP contribution in [0.5, 0.6) is 0 Å². The van der Waals surface area contributed by atoms with Crippen LogP contribution >= 0.6 is 0 Å². The first kappa shape index (κ1) is 39.4. The standard InChI is InChI=1S/C21H22F2N6O2.C19H18F2N6O/c1-26-20(31)28-9-6-16(12-18(28)25-26)29(15-3-4-15)17-5-2-14(13-24-17)19(30)27-10-7-21(22,23)8-11-27;20-19(21)7-9-26(10-8-19)18(28)13-1-5-16(23-12-13)27(15-3-4-15)17-6-2-14(11-22)24-25-17/h2,5-6,9,12-13,15H,3-4,7-8,10-11H2,1H3;1-2,5-6,12,15H,3-4,7-10H2. The Kier molecular flexibility index (Phi) is 10.5. The molecule has 4 aliphatic rings. The van der Waals surface area contributed by atoms with Crippen molar-refractivity contribution in [1.82, 2.24) is 44.1 Å². The van der Waals surface area contributed by atoms with E-state index in [0.717, 1.165) is 31.4 Å². The average molecular weight is 813 g/mol. The summed E-state index contributed by atoms with van der Waals surface area (Å²) in [5.74, 6) is -4.04. The van der Waals surface area contributed by atoms with Crippen molar-refractivity contribution in [3.8, 4) is 6.07 Å². The molecule has 0 radical (unpaired) electrons. The summed E-state index contributed by atoms with van der Waals surface area (Å²) in [5, 5.41) is 21.1. The quantitative estimate of drug-likeness (QED) is 0.182. The highest BCUT2D eigenvalue weighted by molar-refractivity contribution is 5.95. The Morgan fingerprint density at radius 2 is 1.24 bits per heavy atom. The summed E-state index contributed by atoms with van der Waals surface area (Å²) in [5.41, 5.74) is 2.19. The van der Waals surface area contributed by atoms with Gasteiger partial charge in [-0.2, -0.15) is 10.4 Å². The summed E-state index contributed by atoms with van der Waals surface area (Å²) < 4.78 is 56.1. The number of carbonyl (C=O) groups is 2. The minimum absolute atomic E-state index is 0.0443. The third-order valence-electron chi connectivity index (χ3n) is 10.8. The van der Waals surface area contributed by atoms with Crippen LogP contribution in [0, 0.1) is 11.3 Å². The molecule has 59 heavy (non-hydrogen) atoms. The highest BCUT2D eigenvalue weighted by Crippen LogP contribution is 2.38. The van der Waals surface area contributed by atoms with Gasteiger partial charge >= 0.3 is 5.69 Å². The van der Waals surface area contributed by atoms with Gasteiger partial charge in [0.1, 0.15) is 17.7 Å². The molecule has 2 aliphatic carbocycles. The zero-order chi connectivity index (χ0) is 41.5. The number of nitrogens with zero attached hydrogens (tertiary/aromatic N) is 12. The summed E-state index contributed by atoms with van der Waals surface area (Å²) in [4.78, 5) is 53.1. The van der Waals surface area contributed by atoms with E-state index in [1.807, 2.05) is 23.1 Å². The van der Waals surface area contributed by atoms with E-state index in [2.05, 4.69) is 30.2 Å². The van der Waals surface area contributed by atoms with Crippen molar-refractivity contribution in [2.24, 2.45) is 7.05 Å². The van der Waals surface area contributed by atoms with E-state index >= 15 is 0 Å². The van der Waals surface area contributed by atoms with Crippen LogP contribution in [-0.4, -0.2) is 106 Å². The van der Waals surface area contributed by atoms with Crippen molar-refractivity contribution < 1.29 is 27.2 Å². The largest absolute Gasteiger partial charge is 0.350 e. The number of aromatic nitrogens is 7. The molecule has 4 fully saturated rings. The van der Waals surface area contributed by atoms with Crippen LogP contribution in [0.2, 0.25) is 0 Å². The molecule has 2 amide bonds. The zero-order valence-corrected chi connectivity index (χ0v) is 32.1. The maximum atomic E-state index is 13.4. The van der Waals surface area contributed by atoms with E-state index in [-0.39, 0.29) is 87.1 Å². The molecule has 0 unspecified atom stereocenters. The molecular formula is C40H40F4N12O3. The van der Waals surface area contributed by atoms with Crippen LogP contribution < -0.4 is 15.5 Å². The van der Waals surface area contributed by atoms with Gasteiger partial charge < -0.3 is 19.6 Å². The number of piperidine rings is 2. The molecule has 15 nitrogen and oxygen atoms in total. The molecule has 0 spiro atoms. The van der Waals surface area contributed by atoms with Gasteiger partial charge in [-0.25, -0.2) is 37.0 Å². The number of likely N-dealkylation sites (tertiary alicyclic amines) is 2. The summed E-state index contributed by atoms with van der Waals surface area (Å²) in [6, 6.07) is 16.3. The molecule has 306 valence electrons. The number of pyridine rings is 3.